The third kappa shape index (κ3) is 2.95. The standard InChI is InChI=1S/C14H7F5N2O/c15-9-8(10(16)12(18)13(19)11(9)17)6-20-21-14(22)7-4-2-1-3-5-7/h1-6H,(H,21,22). The SMILES string of the molecule is O=C(NN=Cc1c(F)c(F)c(F)c(F)c1F)c1ccccc1. The van der Waals surface area contributed by atoms with E-state index in [1.54, 1.807) is 18.2 Å². The Bertz CT molecular complexity index is 718. The molecule has 0 aromatic heterocycles. The van der Waals surface area contributed by atoms with Crippen molar-refractivity contribution in [2.45, 2.75) is 0 Å². The van der Waals surface area contributed by atoms with Gasteiger partial charge in [-0.3, -0.25) is 4.79 Å². The van der Waals surface area contributed by atoms with Crippen molar-refractivity contribution in [1.82, 2.24) is 5.43 Å². The van der Waals surface area contributed by atoms with Gasteiger partial charge in [-0.25, -0.2) is 27.4 Å². The third-order valence-electron chi connectivity index (χ3n) is 2.64. The van der Waals surface area contributed by atoms with E-state index < -0.39 is 40.6 Å². The average Bonchev–Trinajstić information content (AvgIpc) is 2.55. The highest BCUT2D eigenvalue weighted by atomic mass is 19.2. The molecular weight excluding hydrogens is 307 g/mol. The van der Waals surface area contributed by atoms with Crippen LogP contribution in [0.5, 0.6) is 0 Å². The van der Waals surface area contributed by atoms with Gasteiger partial charge in [-0.2, -0.15) is 5.10 Å². The van der Waals surface area contributed by atoms with Crippen molar-refractivity contribution < 1.29 is 26.7 Å². The monoisotopic (exact) mass is 314 g/mol. The van der Waals surface area contributed by atoms with Gasteiger partial charge in [0.15, 0.2) is 23.3 Å². The summed E-state index contributed by atoms with van der Waals surface area (Å²) in [7, 11) is 0. The first-order valence-corrected chi connectivity index (χ1v) is 5.83. The van der Waals surface area contributed by atoms with Gasteiger partial charge in [0.05, 0.1) is 11.8 Å². The zero-order chi connectivity index (χ0) is 16.3. The van der Waals surface area contributed by atoms with Crippen LogP contribution in [-0.2, 0) is 0 Å². The number of carbonyl (C=O) groups is 1. The van der Waals surface area contributed by atoms with Gasteiger partial charge in [-0.1, -0.05) is 18.2 Å². The zero-order valence-corrected chi connectivity index (χ0v) is 10.7. The van der Waals surface area contributed by atoms with Crippen LogP contribution < -0.4 is 5.43 Å². The molecule has 2 aromatic rings. The quantitative estimate of drug-likeness (QED) is 0.305. The first kappa shape index (κ1) is 15.6. The molecule has 0 heterocycles. The predicted molar refractivity (Wildman–Crippen MR) is 67.7 cm³/mol. The van der Waals surface area contributed by atoms with E-state index in [-0.39, 0.29) is 5.56 Å². The molecule has 0 spiro atoms. The molecular formula is C14H7F5N2O. The Kier molecular flexibility index (Phi) is 4.50. The number of rotatable bonds is 3. The van der Waals surface area contributed by atoms with Gasteiger partial charge in [0, 0.05) is 5.56 Å². The molecule has 0 fully saturated rings. The number of hydrogen-bond donors (Lipinski definition) is 1. The topological polar surface area (TPSA) is 41.5 Å². The molecule has 22 heavy (non-hydrogen) atoms. The van der Waals surface area contributed by atoms with Crippen LogP contribution in [0.25, 0.3) is 0 Å². The molecule has 0 radical (unpaired) electrons. The number of amides is 1. The van der Waals surface area contributed by atoms with Crippen LogP contribution in [0.1, 0.15) is 15.9 Å². The summed E-state index contributed by atoms with van der Waals surface area (Å²) in [5.74, 6) is -11.2. The number of nitrogens with one attached hydrogen (secondary N) is 1. The number of carbonyl (C=O) groups excluding carboxylic acids is 1. The van der Waals surface area contributed by atoms with Gasteiger partial charge in [0.25, 0.3) is 5.91 Å². The van der Waals surface area contributed by atoms with Crippen molar-refractivity contribution in [3.8, 4) is 0 Å². The first-order valence-electron chi connectivity index (χ1n) is 5.83. The van der Waals surface area contributed by atoms with Crippen LogP contribution in [0.2, 0.25) is 0 Å². The van der Waals surface area contributed by atoms with E-state index in [0.29, 0.717) is 6.21 Å². The smallest absolute Gasteiger partial charge is 0.267 e. The van der Waals surface area contributed by atoms with Crippen LogP contribution in [0, 0.1) is 29.1 Å². The van der Waals surface area contributed by atoms with E-state index >= 15 is 0 Å². The summed E-state index contributed by atoms with van der Waals surface area (Å²) in [4.78, 5) is 11.6. The minimum atomic E-state index is -2.26. The second kappa shape index (κ2) is 6.33. The maximum atomic E-state index is 13.3. The minimum Gasteiger partial charge on any atom is -0.267 e. The Labute approximate surface area is 121 Å². The number of halogens is 5. The third-order valence-corrected chi connectivity index (χ3v) is 2.64. The van der Waals surface area contributed by atoms with Gasteiger partial charge < -0.3 is 0 Å². The maximum absolute atomic E-state index is 13.3. The van der Waals surface area contributed by atoms with E-state index in [9.17, 15) is 26.7 Å². The lowest BCUT2D eigenvalue weighted by Gasteiger charge is -2.04. The molecule has 0 bridgehead atoms. The fraction of sp³-hybridized carbons (Fsp3) is 0. The summed E-state index contributed by atoms with van der Waals surface area (Å²) in [5, 5.41) is 3.19. The molecule has 0 unspecified atom stereocenters. The van der Waals surface area contributed by atoms with E-state index in [0.717, 1.165) is 0 Å². The summed E-state index contributed by atoms with van der Waals surface area (Å²) in [6.45, 7) is 0. The van der Waals surface area contributed by atoms with Crippen molar-refractivity contribution in [3.63, 3.8) is 0 Å². The van der Waals surface area contributed by atoms with E-state index in [2.05, 4.69) is 5.10 Å². The largest absolute Gasteiger partial charge is 0.271 e. The van der Waals surface area contributed by atoms with E-state index in [1.807, 2.05) is 5.43 Å². The summed E-state index contributed by atoms with van der Waals surface area (Å²) >= 11 is 0. The van der Waals surface area contributed by atoms with Crippen LogP contribution in [-0.4, -0.2) is 12.1 Å². The number of hydrazone groups is 1. The van der Waals surface area contributed by atoms with Gasteiger partial charge in [-0.15, -0.1) is 0 Å². The molecule has 2 rings (SSSR count). The molecule has 0 atom stereocenters. The van der Waals surface area contributed by atoms with Gasteiger partial charge >= 0.3 is 0 Å². The highest BCUT2D eigenvalue weighted by Crippen LogP contribution is 2.21. The van der Waals surface area contributed by atoms with Crippen LogP contribution in [0.4, 0.5) is 22.0 Å². The molecule has 8 heteroatoms. The van der Waals surface area contributed by atoms with Gasteiger partial charge in [-0.05, 0) is 12.1 Å². The fourth-order valence-electron chi connectivity index (χ4n) is 1.54. The Balaban J connectivity index is 2.23. The lowest BCUT2D eigenvalue weighted by molar-refractivity contribution is 0.0955. The highest BCUT2D eigenvalue weighted by Gasteiger charge is 2.24. The molecule has 0 saturated carbocycles. The number of nitrogens with zero attached hydrogens (tertiary/aromatic N) is 1. The van der Waals surface area contributed by atoms with E-state index in [1.165, 1.54) is 12.1 Å². The van der Waals surface area contributed by atoms with Crippen molar-refractivity contribution in [2.75, 3.05) is 0 Å². The Morgan fingerprint density at radius 2 is 1.36 bits per heavy atom. The van der Waals surface area contributed by atoms with Gasteiger partial charge in [0.1, 0.15) is 0 Å². The maximum Gasteiger partial charge on any atom is 0.271 e. The molecule has 1 amide bonds. The van der Waals surface area contributed by atoms with Crippen molar-refractivity contribution in [3.05, 3.63) is 70.5 Å². The lowest BCUT2D eigenvalue weighted by Crippen LogP contribution is -2.18. The van der Waals surface area contributed by atoms with Crippen LogP contribution in [0.15, 0.2) is 35.4 Å². The molecule has 114 valence electrons. The van der Waals surface area contributed by atoms with Crippen molar-refractivity contribution >= 4 is 12.1 Å². The molecule has 0 aliphatic heterocycles. The summed E-state index contributed by atoms with van der Waals surface area (Å²) in [5.41, 5.74) is 0.874. The first-order chi connectivity index (χ1) is 10.4. The Hall–Kier alpha value is -2.77. The van der Waals surface area contributed by atoms with E-state index in [4.69, 9.17) is 0 Å². The van der Waals surface area contributed by atoms with Gasteiger partial charge in [0.2, 0.25) is 5.82 Å². The van der Waals surface area contributed by atoms with Crippen LogP contribution in [0.3, 0.4) is 0 Å². The fourth-order valence-corrected chi connectivity index (χ4v) is 1.54. The zero-order valence-electron chi connectivity index (χ0n) is 10.7. The molecule has 0 saturated heterocycles. The highest BCUT2D eigenvalue weighted by molar-refractivity contribution is 5.94. The average molecular weight is 314 g/mol. The molecule has 2 aromatic carbocycles. The second-order valence-electron chi connectivity index (χ2n) is 4.05. The number of hydrogen-bond acceptors (Lipinski definition) is 2. The predicted octanol–water partition coefficient (Wildman–Crippen LogP) is 3.15. The molecule has 1 N–H and O–H groups in total. The Morgan fingerprint density at radius 3 is 1.91 bits per heavy atom. The molecule has 0 aliphatic rings. The van der Waals surface area contributed by atoms with Crippen LogP contribution >= 0.6 is 0 Å². The summed E-state index contributed by atoms with van der Waals surface area (Å²) in [6.07, 6.45) is 0.344. The van der Waals surface area contributed by atoms with Crippen molar-refractivity contribution in [2.24, 2.45) is 5.10 Å². The molecule has 0 aliphatic carbocycles. The summed E-state index contributed by atoms with van der Waals surface area (Å²) < 4.78 is 65.4. The Morgan fingerprint density at radius 1 is 0.864 bits per heavy atom. The number of benzene rings is 2. The normalized spacial score (nSPS) is 11.0. The minimum absolute atomic E-state index is 0.206. The second-order valence-corrected chi connectivity index (χ2v) is 4.05. The lowest BCUT2D eigenvalue weighted by atomic mass is 10.2. The summed E-state index contributed by atoms with van der Waals surface area (Å²) in [6, 6.07) is 7.70. The molecule has 3 nitrogen and oxygen atoms in total. The van der Waals surface area contributed by atoms with Crippen molar-refractivity contribution in [1.29, 1.82) is 0 Å².